The monoisotopic (exact) mass is 293 g/mol. The van der Waals surface area contributed by atoms with Crippen molar-refractivity contribution in [1.29, 1.82) is 0 Å². The average Bonchev–Trinajstić information content (AvgIpc) is 2.91. The Labute approximate surface area is 123 Å². The molecule has 0 aliphatic carbocycles. The molecule has 2 nitrogen and oxygen atoms in total. The van der Waals surface area contributed by atoms with Crippen molar-refractivity contribution in [2.45, 2.75) is 19.6 Å². The van der Waals surface area contributed by atoms with Crippen molar-refractivity contribution in [3.8, 4) is 0 Å². The molecule has 0 saturated heterocycles. The minimum absolute atomic E-state index is 0.0319. The van der Waals surface area contributed by atoms with E-state index >= 15 is 0 Å². The van der Waals surface area contributed by atoms with Gasteiger partial charge in [-0.1, -0.05) is 25.1 Å². The maximum atomic E-state index is 13.7. The quantitative estimate of drug-likeness (QED) is 0.878. The predicted octanol–water partition coefficient (Wildman–Crippen LogP) is 3.69. The van der Waals surface area contributed by atoms with Gasteiger partial charge < -0.3 is 10.0 Å². The van der Waals surface area contributed by atoms with E-state index in [0.29, 0.717) is 12.1 Å². The molecule has 0 spiro atoms. The number of hydrogen-bond donors (Lipinski definition) is 1. The maximum Gasteiger partial charge on any atom is 0.129 e. The highest BCUT2D eigenvalue weighted by Crippen LogP contribution is 2.25. The molecule has 1 N–H and O–H groups in total. The van der Waals surface area contributed by atoms with Gasteiger partial charge in [-0.05, 0) is 41.4 Å². The third-order valence-electron chi connectivity index (χ3n) is 3.40. The van der Waals surface area contributed by atoms with Crippen LogP contribution < -0.4 is 0 Å². The summed E-state index contributed by atoms with van der Waals surface area (Å²) in [5.74, 6) is -0.372. The lowest BCUT2D eigenvalue weighted by molar-refractivity contribution is 0.0902. The van der Waals surface area contributed by atoms with Gasteiger partial charge in [-0.15, -0.1) is 0 Å². The summed E-state index contributed by atoms with van der Waals surface area (Å²) in [7, 11) is 2.02. The Hall–Kier alpha value is -1.23. The van der Waals surface area contributed by atoms with Crippen LogP contribution in [-0.4, -0.2) is 23.6 Å². The number of aliphatic hydroxyl groups excluding tert-OH is 1. The van der Waals surface area contributed by atoms with Crippen molar-refractivity contribution in [2.24, 2.45) is 5.92 Å². The fourth-order valence-corrected chi connectivity index (χ4v) is 3.03. The Morgan fingerprint density at radius 1 is 1.30 bits per heavy atom. The minimum Gasteiger partial charge on any atom is -0.388 e. The second-order valence-electron chi connectivity index (χ2n) is 5.27. The van der Waals surface area contributed by atoms with Crippen molar-refractivity contribution < 1.29 is 9.50 Å². The first-order valence-corrected chi connectivity index (χ1v) is 7.64. The predicted molar refractivity (Wildman–Crippen MR) is 81.2 cm³/mol. The summed E-state index contributed by atoms with van der Waals surface area (Å²) in [6.45, 7) is 3.50. The lowest BCUT2D eigenvalue weighted by Gasteiger charge is -2.25. The first kappa shape index (κ1) is 15.2. The number of thiophene rings is 1. The van der Waals surface area contributed by atoms with Crippen LogP contribution in [0.4, 0.5) is 4.39 Å². The molecule has 1 heterocycles. The van der Waals surface area contributed by atoms with Gasteiger partial charge in [0.25, 0.3) is 0 Å². The lowest BCUT2D eigenvalue weighted by atomic mass is 9.96. The number of rotatable bonds is 6. The maximum absolute atomic E-state index is 13.7. The molecular weight excluding hydrogens is 273 g/mol. The van der Waals surface area contributed by atoms with Gasteiger partial charge in [-0.2, -0.15) is 11.3 Å². The Bertz CT molecular complexity index is 529. The van der Waals surface area contributed by atoms with Crippen LogP contribution in [0.1, 0.15) is 24.2 Å². The van der Waals surface area contributed by atoms with Gasteiger partial charge in [-0.25, -0.2) is 4.39 Å². The minimum atomic E-state index is -0.777. The summed E-state index contributed by atoms with van der Waals surface area (Å²) in [5.41, 5.74) is 1.65. The van der Waals surface area contributed by atoms with Crippen LogP contribution in [0.2, 0.25) is 0 Å². The molecule has 2 unspecified atom stereocenters. The van der Waals surface area contributed by atoms with Gasteiger partial charge in [-0.3, -0.25) is 0 Å². The molecule has 0 aliphatic rings. The van der Waals surface area contributed by atoms with E-state index in [1.807, 2.05) is 14.0 Å². The standard InChI is InChI=1S/C16H20FNOS/c1-12(9-18(2)10-13-7-8-20-11-13)16(19)14-5-3-4-6-15(14)17/h3-8,11-12,16,19H,9-10H2,1-2H3. The van der Waals surface area contributed by atoms with E-state index in [0.717, 1.165) is 6.54 Å². The summed E-state index contributed by atoms with van der Waals surface area (Å²) in [6.07, 6.45) is -0.777. The first-order chi connectivity index (χ1) is 9.58. The molecule has 0 bridgehead atoms. The summed E-state index contributed by atoms with van der Waals surface area (Å²) in [6, 6.07) is 8.52. The molecule has 0 saturated carbocycles. The van der Waals surface area contributed by atoms with E-state index in [4.69, 9.17) is 0 Å². The van der Waals surface area contributed by atoms with E-state index in [2.05, 4.69) is 21.7 Å². The fraction of sp³-hybridized carbons (Fsp3) is 0.375. The van der Waals surface area contributed by atoms with Crippen molar-refractivity contribution in [2.75, 3.05) is 13.6 Å². The number of hydrogen-bond acceptors (Lipinski definition) is 3. The molecular formula is C16H20FNOS. The zero-order chi connectivity index (χ0) is 14.5. The molecule has 20 heavy (non-hydrogen) atoms. The van der Waals surface area contributed by atoms with Crippen molar-refractivity contribution in [3.05, 3.63) is 58.0 Å². The molecule has 4 heteroatoms. The highest BCUT2D eigenvalue weighted by Gasteiger charge is 2.20. The molecule has 2 aromatic rings. The molecule has 108 valence electrons. The number of halogens is 1. The second kappa shape index (κ2) is 6.97. The Morgan fingerprint density at radius 3 is 2.70 bits per heavy atom. The van der Waals surface area contributed by atoms with Gasteiger partial charge in [0, 0.05) is 18.7 Å². The highest BCUT2D eigenvalue weighted by molar-refractivity contribution is 7.07. The Morgan fingerprint density at radius 2 is 2.05 bits per heavy atom. The van der Waals surface area contributed by atoms with Crippen LogP contribution in [0.25, 0.3) is 0 Å². The Balaban J connectivity index is 1.94. The largest absolute Gasteiger partial charge is 0.388 e. The van der Waals surface area contributed by atoms with Gasteiger partial charge in [0.2, 0.25) is 0 Å². The second-order valence-corrected chi connectivity index (χ2v) is 6.05. The highest BCUT2D eigenvalue weighted by atomic mass is 32.1. The van der Waals surface area contributed by atoms with Crippen molar-refractivity contribution in [1.82, 2.24) is 4.90 Å². The van der Waals surface area contributed by atoms with E-state index < -0.39 is 6.10 Å². The number of benzene rings is 1. The normalized spacial score (nSPS) is 14.4. The topological polar surface area (TPSA) is 23.5 Å². The summed E-state index contributed by atoms with van der Waals surface area (Å²) >= 11 is 1.68. The molecule has 0 radical (unpaired) electrons. The molecule has 1 aromatic heterocycles. The summed E-state index contributed by atoms with van der Waals surface area (Å²) in [4.78, 5) is 2.15. The summed E-state index contributed by atoms with van der Waals surface area (Å²) < 4.78 is 13.7. The van der Waals surface area contributed by atoms with Crippen LogP contribution in [-0.2, 0) is 6.54 Å². The van der Waals surface area contributed by atoms with E-state index in [9.17, 15) is 9.50 Å². The van der Waals surface area contributed by atoms with E-state index in [1.165, 1.54) is 11.6 Å². The SMILES string of the molecule is CC(CN(C)Cc1ccsc1)C(O)c1ccccc1F. The van der Waals surface area contributed by atoms with Gasteiger partial charge >= 0.3 is 0 Å². The molecule has 0 amide bonds. The van der Waals surface area contributed by atoms with Gasteiger partial charge in [0.15, 0.2) is 0 Å². The number of nitrogens with zero attached hydrogens (tertiary/aromatic N) is 1. The first-order valence-electron chi connectivity index (χ1n) is 6.70. The average molecular weight is 293 g/mol. The van der Waals surface area contributed by atoms with Crippen LogP contribution in [0, 0.1) is 11.7 Å². The van der Waals surface area contributed by atoms with Crippen LogP contribution >= 0.6 is 11.3 Å². The zero-order valence-electron chi connectivity index (χ0n) is 11.8. The van der Waals surface area contributed by atoms with Crippen LogP contribution in [0.5, 0.6) is 0 Å². The molecule has 0 aliphatic heterocycles. The zero-order valence-corrected chi connectivity index (χ0v) is 12.6. The van der Waals surface area contributed by atoms with Crippen molar-refractivity contribution in [3.63, 3.8) is 0 Å². The molecule has 0 fully saturated rings. The summed E-state index contributed by atoms with van der Waals surface area (Å²) in [5, 5.41) is 14.5. The van der Waals surface area contributed by atoms with Gasteiger partial charge in [0.1, 0.15) is 5.82 Å². The Kier molecular flexibility index (Phi) is 5.29. The van der Waals surface area contributed by atoms with Crippen molar-refractivity contribution >= 4 is 11.3 Å². The lowest BCUT2D eigenvalue weighted by Crippen LogP contribution is -2.27. The van der Waals surface area contributed by atoms with Gasteiger partial charge in [0.05, 0.1) is 6.10 Å². The van der Waals surface area contributed by atoms with E-state index in [-0.39, 0.29) is 11.7 Å². The smallest absolute Gasteiger partial charge is 0.129 e. The van der Waals surface area contributed by atoms with Crippen LogP contribution in [0.3, 0.4) is 0 Å². The fourth-order valence-electron chi connectivity index (χ4n) is 2.37. The van der Waals surface area contributed by atoms with Crippen LogP contribution in [0.15, 0.2) is 41.1 Å². The third kappa shape index (κ3) is 3.88. The third-order valence-corrected chi connectivity index (χ3v) is 4.13. The molecule has 1 aromatic carbocycles. The number of aliphatic hydroxyl groups is 1. The molecule has 2 rings (SSSR count). The molecule has 2 atom stereocenters. The van der Waals surface area contributed by atoms with E-state index in [1.54, 1.807) is 29.5 Å².